The Labute approximate surface area is 337 Å². The summed E-state index contributed by atoms with van der Waals surface area (Å²) in [6.45, 7) is 8.00. The van der Waals surface area contributed by atoms with Crippen LogP contribution >= 0.6 is 11.6 Å². The van der Waals surface area contributed by atoms with Crippen molar-refractivity contribution in [2.45, 2.75) is 135 Å². The maximum Gasteiger partial charge on any atom is 0.227 e. The predicted molar refractivity (Wildman–Crippen MR) is 217 cm³/mol. The van der Waals surface area contributed by atoms with Crippen molar-refractivity contribution in [3.63, 3.8) is 0 Å². The topological polar surface area (TPSA) is 132 Å². The summed E-state index contributed by atoms with van der Waals surface area (Å²) in [6, 6.07) is 11.9. The predicted octanol–water partition coefficient (Wildman–Crippen LogP) is 8.35. The molecule has 2 aromatic carbocycles. The first kappa shape index (κ1) is 43.4. The lowest BCUT2D eigenvalue weighted by Gasteiger charge is -2.35. The summed E-state index contributed by atoms with van der Waals surface area (Å²) in [4.78, 5) is 64.3. The highest BCUT2D eigenvalue weighted by Gasteiger charge is 2.55. The standard InChI is InChI=1S/C45H61ClN2O8/c1-7-12-32(42(52)40(50)18-17-30-20-35(54-5)25-36(21-30)55-6)23-41(51)39-27-45(26-38(47-56-45)31-15-11-16-33(46)22-31)28-48(39)43(53)37(44(2,3)4)24-34(49)19-29-13-9-8-10-14-29/h11,15-16,20-22,25,29,32,37,39,42,52H,7-10,12-14,17-19,23-24,26-28H2,1-6H3/t32-,37-,39+,42?,45-/m1/s1. The van der Waals surface area contributed by atoms with Crippen molar-refractivity contribution in [2.24, 2.45) is 28.3 Å². The van der Waals surface area contributed by atoms with Crippen LogP contribution < -0.4 is 9.47 Å². The maximum absolute atomic E-state index is 14.8. The summed E-state index contributed by atoms with van der Waals surface area (Å²) < 4.78 is 10.7. The Balaban J connectivity index is 1.36. The van der Waals surface area contributed by atoms with Gasteiger partial charge in [-0.1, -0.05) is 95.1 Å². The van der Waals surface area contributed by atoms with Crippen LogP contribution in [0, 0.1) is 23.2 Å². The molecule has 1 amide bonds. The summed E-state index contributed by atoms with van der Waals surface area (Å²) in [6.07, 6.45) is 6.83. The molecule has 0 radical (unpaired) electrons. The lowest BCUT2D eigenvalue weighted by molar-refractivity contribution is -0.147. The SMILES string of the molecule is CCC[C@H](CC(=O)[C@@H]1C[C@]2(CC(c3cccc(Cl)c3)=NO2)CN1C(=O)[C@@H](CC(=O)CC1CCCCC1)C(C)(C)C)C(O)C(=O)CCc1cc(OC)cc(OC)c1. The molecule has 56 heavy (non-hydrogen) atoms. The molecule has 1 saturated carbocycles. The van der Waals surface area contributed by atoms with Gasteiger partial charge < -0.3 is 24.3 Å². The second-order valence-electron chi connectivity index (χ2n) is 17.4. The van der Waals surface area contributed by atoms with Crippen molar-refractivity contribution in [1.29, 1.82) is 0 Å². The van der Waals surface area contributed by atoms with Crippen LogP contribution in [0.3, 0.4) is 0 Å². The lowest BCUT2D eigenvalue weighted by Crippen LogP contribution is -2.48. The first-order valence-corrected chi connectivity index (χ1v) is 20.8. The highest BCUT2D eigenvalue weighted by atomic mass is 35.5. The zero-order valence-corrected chi connectivity index (χ0v) is 34.9. The number of aliphatic hydroxyl groups excluding tert-OH is 1. The third-order valence-electron chi connectivity index (χ3n) is 12.0. The van der Waals surface area contributed by atoms with E-state index in [9.17, 15) is 24.3 Å². The zero-order valence-electron chi connectivity index (χ0n) is 34.1. The molecule has 2 fully saturated rings. The number of Topliss-reactive ketones (excluding diaryl/α,β-unsaturated/α-hetero) is 3. The number of nitrogens with zero attached hydrogens (tertiary/aromatic N) is 2. The fourth-order valence-corrected chi connectivity index (χ4v) is 9.01. The first-order chi connectivity index (χ1) is 26.6. The van der Waals surface area contributed by atoms with Gasteiger partial charge in [-0.3, -0.25) is 19.2 Å². The van der Waals surface area contributed by atoms with E-state index in [1.54, 1.807) is 31.3 Å². The molecule has 0 aromatic heterocycles. The van der Waals surface area contributed by atoms with Gasteiger partial charge in [0.1, 0.15) is 23.4 Å². The molecule has 0 bridgehead atoms. The van der Waals surface area contributed by atoms with Crippen LogP contribution in [-0.4, -0.2) is 77.5 Å². The van der Waals surface area contributed by atoms with E-state index in [-0.39, 0.29) is 55.5 Å². The summed E-state index contributed by atoms with van der Waals surface area (Å²) in [5, 5.41) is 16.5. The first-order valence-electron chi connectivity index (χ1n) is 20.4. The number of aryl methyl sites for hydroxylation is 1. The molecule has 10 nitrogen and oxygen atoms in total. The number of hydrogen-bond acceptors (Lipinski definition) is 9. The Hall–Kier alpha value is -3.76. The number of oxime groups is 1. The van der Waals surface area contributed by atoms with Gasteiger partial charge in [-0.15, -0.1) is 0 Å². The van der Waals surface area contributed by atoms with Crippen molar-refractivity contribution in [2.75, 3.05) is 20.8 Å². The number of halogens is 1. The second kappa shape index (κ2) is 19.1. The van der Waals surface area contributed by atoms with Gasteiger partial charge in [-0.2, -0.15) is 0 Å². The number of ketones is 3. The molecule has 1 spiro atoms. The van der Waals surface area contributed by atoms with Gasteiger partial charge in [0, 0.05) is 61.1 Å². The third kappa shape index (κ3) is 11.0. The van der Waals surface area contributed by atoms with Crippen molar-refractivity contribution >= 4 is 40.6 Å². The van der Waals surface area contributed by atoms with Gasteiger partial charge in [-0.25, -0.2) is 0 Å². The van der Waals surface area contributed by atoms with Gasteiger partial charge >= 0.3 is 0 Å². The minimum Gasteiger partial charge on any atom is -0.497 e. The molecule has 2 aliphatic heterocycles. The van der Waals surface area contributed by atoms with Crippen LogP contribution in [0.25, 0.3) is 0 Å². The van der Waals surface area contributed by atoms with E-state index in [0.29, 0.717) is 60.3 Å². The van der Waals surface area contributed by atoms with Crippen LogP contribution in [0.5, 0.6) is 11.5 Å². The van der Waals surface area contributed by atoms with Crippen LogP contribution in [0.15, 0.2) is 47.6 Å². The number of rotatable bonds is 18. The lowest BCUT2D eigenvalue weighted by atomic mass is 9.75. The Morgan fingerprint density at radius 1 is 1.02 bits per heavy atom. The molecular weight excluding hydrogens is 732 g/mol. The van der Waals surface area contributed by atoms with Crippen LogP contribution in [0.1, 0.15) is 122 Å². The highest BCUT2D eigenvalue weighted by Crippen LogP contribution is 2.43. The van der Waals surface area contributed by atoms with E-state index in [2.05, 4.69) is 5.16 Å². The van der Waals surface area contributed by atoms with Crippen LogP contribution in [0.2, 0.25) is 5.02 Å². The second-order valence-corrected chi connectivity index (χ2v) is 17.8. The number of methoxy groups -OCH3 is 2. The van der Waals surface area contributed by atoms with E-state index in [4.69, 9.17) is 25.9 Å². The number of amides is 1. The number of carbonyl (C=O) groups excluding carboxylic acids is 4. The Morgan fingerprint density at radius 3 is 2.34 bits per heavy atom. The smallest absolute Gasteiger partial charge is 0.227 e. The molecule has 5 atom stereocenters. The van der Waals surface area contributed by atoms with Gasteiger partial charge in [0.25, 0.3) is 0 Å². The van der Waals surface area contributed by atoms with E-state index in [0.717, 1.165) is 36.8 Å². The van der Waals surface area contributed by atoms with E-state index in [1.165, 1.54) is 6.42 Å². The summed E-state index contributed by atoms with van der Waals surface area (Å²) in [5.41, 5.74) is 0.814. The number of likely N-dealkylation sites (tertiary alicyclic amines) is 1. The van der Waals surface area contributed by atoms with Crippen molar-refractivity contribution < 1.29 is 38.6 Å². The number of aliphatic hydroxyl groups is 1. The molecule has 1 unspecified atom stereocenters. The Kier molecular flexibility index (Phi) is 14.8. The van der Waals surface area contributed by atoms with Gasteiger partial charge in [-0.05, 0) is 59.9 Å². The molecule has 1 saturated heterocycles. The minimum absolute atomic E-state index is 0.0721. The minimum atomic E-state index is -1.36. The fraction of sp³-hybridized carbons (Fsp3) is 0.622. The van der Waals surface area contributed by atoms with Gasteiger partial charge in [0.2, 0.25) is 5.91 Å². The molecule has 2 heterocycles. The van der Waals surface area contributed by atoms with Crippen molar-refractivity contribution in [3.8, 4) is 11.5 Å². The largest absolute Gasteiger partial charge is 0.497 e. The number of ether oxygens (including phenoxy) is 2. The average molecular weight is 793 g/mol. The molecule has 1 aliphatic carbocycles. The van der Waals surface area contributed by atoms with E-state index >= 15 is 0 Å². The Bertz CT molecular complexity index is 1730. The molecule has 1 N–H and O–H groups in total. The summed E-state index contributed by atoms with van der Waals surface area (Å²) >= 11 is 6.31. The van der Waals surface area contributed by atoms with Crippen LogP contribution in [-0.2, 0) is 30.4 Å². The molecule has 11 heteroatoms. The van der Waals surface area contributed by atoms with Crippen molar-refractivity contribution in [3.05, 3.63) is 58.6 Å². The normalized spacial score (nSPS) is 21.6. The fourth-order valence-electron chi connectivity index (χ4n) is 8.82. The highest BCUT2D eigenvalue weighted by molar-refractivity contribution is 6.31. The number of hydrogen-bond donors (Lipinski definition) is 1. The maximum atomic E-state index is 14.8. The van der Waals surface area contributed by atoms with E-state index < -0.39 is 35.0 Å². The monoisotopic (exact) mass is 792 g/mol. The summed E-state index contributed by atoms with van der Waals surface area (Å²) in [7, 11) is 3.12. The molecule has 2 aromatic rings. The van der Waals surface area contributed by atoms with Crippen molar-refractivity contribution in [1.82, 2.24) is 4.90 Å². The zero-order chi connectivity index (χ0) is 40.6. The molecule has 306 valence electrons. The molecule has 3 aliphatic rings. The number of benzene rings is 2. The van der Waals surface area contributed by atoms with Gasteiger partial charge in [0.15, 0.2) is 17.2 Å². The average Bonchev–Trinajstić information content (AvgIpc) is 3.78. The summed E-state index contributed by atoms with van der Waals surface area (Å²) in [5.74, 6) is -0.462. The quantitative estimate of drug-likeness (QED) is 0.159. The molecule has 5 rings (SSSR count). The Morgan fingerprint density at radius 2 is 1.71 bits per heavy atom. The third-order valence-corrected chi connectivity index (χ3v) is 12.3. The van der Waals surface area contributed by atoms with E-state index in [1.807, 2.05) is 58.0 Å². The van der Waals surface area contributed by atoms with Crippen LogP contribution in [0.4, 0.5) is 0 Å². The van der Waals surface area contributed by atoms with Gasteiger partial charge in [0.05, 0.1) is 32.5 Å². The number of carbonyl (C=O) groups is 4. The molecular formula is C45H61ClN2O8.